The lowest BCUT2D eigenvalue weighted by Crippen LogP contribution is -2.45. The summed E-state index contributed by atoms with van der Waals surface area (Å²) < 4.78 is 28.8. The third-order valence-corrected chi connectivity index (χ3v) is 8.85. The molecule has 1 saturated heterocycles. The highest BCUT2D eigenvalue weighted by molar-refractivity contribution is 9.11. The first-order chi connectivity index (χ1) is 9.00. The lowest BCUT2D eigenvalue weighted by Gasteiger charge is -2.36. The summed E-state index contributed by atoms with van der Waals surface area (Å²) in [5.41, 5.74) is 1.00. The van der Waals surface area contributed by atoms with Crippen LogP contribution >= 0.6 is 27.3 Å². The number of hydrogen-bond donors (Lipinski definition) is 0. The van der Waals surface area contributed by atoms with E-state index < -0.39 is 10.0 Å². The van der Waals surface area contributed by atoms with Gasteiger partial charge in [-0.1, -0.05) is 6.42 Å². The van der Waals surface area contributed by atoms with Crippen LogP contribution < -0.4 is 0 Å². The molecule has 2 heterocycles. The SMILES string of the molecule is Cc1cc(S(=O)(=O)N2CCCC3CCCC32)sc1Br. The van der Waals surface area contributed by atoms with Gasteiger partial charge in [0, 0.05) is 12.6 Å². The van der Waals surface area contributed by atoms with Crippen molar-refractivity contribution < 1.29 is 8.42 Å². The fourth-order valence-electron chi connectivity index (χ4n) is 3.38. The van der Waals surface area contributed by atoms with E-state index in [9.17, 15) is 8.42 Å². The largest absolute Gasteiger partial charge is 0.252 e. The van der Waals surface area contributed by atoms with Crippen LogP contribution in [0.25, 0.3) is 0 Å². The summed E-state index contributed by atoms with van der Waals surface area (Å²) in [7, 11) is -3.30. The molecule has 19 heavy (non-hydrogen) atoms. The minimum Gasteiger partial charge on any atom is -0.206 e. The van der Waals surface area contributed by atoms with Gasteiger partial charge in [0.25, 0.3) is 10.0 Å². The Morgan fingerprint density at radius 3 is 2.74 bits per heavy atom. The van der Waals surface area contributed by atoms with Gasteiger partial charge in [-0.2, -0.15) is 4.31 Å². The number of nitrogens with zero attached hydrogens (tertiary/aromatic N) is 1. The lowest BCUT2D eigenvalue weighted by atomic mass is 9.94. The lowest BCUT2D eigenvalue weighted by molar-refractivity contribution is 0.202. The van der Waals surface area contributed by atoms with Crippen LogP contribution in [-0.4, -0.2) is 25.3 Å². The van der Waals surface area contributed by atoms with Crippen LogP contribution in [0.4, 0.5) is 0 Å². The number of rotatable bonds is 2. The molecule has 0 aromatic carbocycles. The molecule has 0 bridgehead atoms. The van der Waals surface area contributed by atoms with Crippen LogP contribution in [0.2, 0.25) is 0 Å². The van der Waals surface area contributed by atoms with Crippen molar-refractivity contribution in [2.24, 2.45) is 5.92 Å². The van der Waals surface area contributed by atoms with Crippen molar-refractivity contribution in [1.82, 2.24) is 4.31 Å². The van der Waals surface area contributed by atoms with Gasteiger partial charge >= 0.3 is 0 Å². The van der Waals surface area contributed by atoms with Crippen LogP contribution in [0.15, 0.2) is 14.1 Å². The molecule has 1 aliphatic carbocycles. The minimum atomic E-state index is -3.30. The van der Waals surface area contributed by atoms with Crippen molar-refractivity contribution in [3.8, 4) is 0 Å². The average molecular weight is 364 g/mol. The molecular formula is C13H18BrNO2S2. The van der Waals surface area contributed by atoms with Crippen molar-refractivity contribution in [3.63, 3.8) is 0 Å². The molecule has 0 N–H and O–H groups in total. The molecule has 1 aromatic heterocycles. The first-order valence-electron chi connectivity index (χ1n) is 6.78. The van der Waals surface area contributed by atoms with E-state index in [2.05, 4.69) is 15.9 Å². The number of sulfonamides is 1. The van der Waals surface area contributed by atoms with Gasteiger partial charge in [-0.05, 0) is 66.1 Å². The Morgan fingerprint density at radius 1 is 1.32 bits per heavy atom. The second kappa shape index (κ2) is 5.13. The number of halogens is 1. The van der Waals surface area contributed by atoms with Gasteiger partial charge in [0.05, 0.1) is 3.79 Å². The van der Waals surface area contributed by atoms with Crippen molar-refractivity contribution in [2.45, 2.75) is 49.3 Å². The molecule has 2 atom stereocenters. The average Bonchev–Trinajstić information content (AvgIpc) is 2.96. The zero-order valence-corrected chi connectivity index (χ0v) is 14.2. The third kappa shape index (κ3) is 2.41. The fraction of sp³-hybridized carbons (Fsp3) is 0.692. The zero-order chi connectivity index (χ0) is 13.6. The van der Waals surface area contributed by atoms with Crippen molar-refractivity contribution in [1.29, 1.82) is 0 Å². The van der Waals surface area contributed by atoms with Crippen molar-refractivity contribution >= 4 is 37.3 Å². The first-order valence-corrected chi connectivity index (χ1v) is 9.83. The van der Waals surface area contributed by atoms with E-state index in [-0.39, 0.29) is 6.04 Å². The van der Waals surface area contributed by atoms with Gasteiger partial charge in [0.1, 0.15) is 4.21 Å². The molecule has 3 rings (SSSR count). The van der Waals surface area contributed by atoms with E-state index in [1.54, 1.807) is 10.4 Å². The number of hydrogen-bond acceptors (Lipinski definition) is 3. The quantitative estimate of drug-likeness (QED) is 0.801. The number of thiophene rings is 1. The maximum Gasteiger partial charge on any atom is 0.252 e. The van der Waals surface area contributed by atoms with Crippen molar-refractivity contribution in [3.05, 3.63) is 15.4 Å². The topological polar surface area (TPSA) is 37.4 Å². The number of piperidine rings is 1. The summed E-state index contributed by atoms with van der Waals surface area (Å²) in [6.07, 6.45) is 5.61. The molecule has 2 aliphatic rings. The highest BCUT2D eigenvalue weighted by Crippen LogP contribution is 2.41. The molecule has 1 saturated carbocycles. The van der Waals surface area contributed by atoms with Gasteiger partial charge in [-0.15, -0.1) is 11.3 Å². The van der Waals surface area contributed by atoms with Crippen LogP contribution in [0.5, 0.6) is 0 Å². The van der Waals surface area contributed by atoms with Gasteiger partial charge in [0.15, 0.2) is 0 Å². The summed E-state index contributed by atoms with van der Waals surface area (Å²) in [5.74, 6) is 0.591. The van der Waals surface area contributed by atoms with E-state index in [1.807, 2.05) is 6.92 Å². The molecule has 1 aromatic rings. The second-order valence-corrected chi connectivity index (χ2v) is 10.0. The smallest absolute Gasteiger partial charge is 0.206 e. The summed E-state index contributed by atoms with van der Waals surface area (Å²) >= 11 is 4.76. The maximum atomic E-state index is 12.8. The Morgan fingerprint density at radius 2 is 2.05 bits per heavy atom. The highest BCUT2D eigenvalue weighted by atomic mass is 79.9. The van der Waals surface area contributed by atoms with Crippen LogP contribution in [0.1, 0.15) is 37.7 Å². The van der Waals surface area contributed by atoms with Gasteiger partial charge in [-0.25, -0.2) is 8.42 Å². The Hall–Kier alpha value is 0.0900. The molecule has 1 aliphatic heterocycles. The van der Waals surface area contributed by atoms with E-state index in [0.29, 0.717) is 16.7 Å². The predicted molar refractivity (Wildman–Crippen MR) is 81.0 cm³/mol. The molecule has 2 unspecified atom stereocenters. The summed E-state index contributed by atoms with van der Waals surface area (Å²) in [6.45, 7) is 2.63. The van der Waals surface area contributed by atoms with Gasteiger partial charge in [-0.3, -0.25) is 0 Å². The second-order valence-electron chi connectivity index (χ2n) is 5.54. The molecule has 0 spiro atoms. The van der Waals surface area contributed by atoms with Crippen molar-refractivity contribution in [2.75, 3.05) is 6.54 Å². The van der Waals surface area contributed by atoms with E-state index >= 15 is 0 Å². The number of fused-ring (bicyclic) bond motifs is 1. The molecule has 0 amide bonds. The predicted octanol–water partition coefficient (Wildman–Crippen LogP) is 3.77. The van der Waals surface area contributed by atoms with Gasteiger partial charge in [0.2, 0.25) is 0 Å². The first kappa shape index (κ1) is 14.0. The third-order valence-electron chi connectivity index (χ3n) is 4.34. The van der Waals surface area contributed by atoms with Gasteiger partial charge < -0.3 is 0 Å². The Labute approximate surface area is 127 Å². The summed E-state index contributed by atoms with van der Waals surface area (Å²) in [5, 5.41) is 0. The Balaban J connectivity index is 1.95. The molecule has 106 valence electrons. The fourth-order valence-corrected chi connectivity index (χ4v) is 7.49. The molecule has 0 radical (unpaired) electrons. The monoisotopic (exact) mass is 363 g/mol. The standard InChI is InChI=1S/C13H18BrNO2S2/c1-9-8-12(18-13(9)14)19(16,17)15-7-3-5-10-4-2-6-11(10)15/h8,10-11H,2-7H2,1H3. The molecular weight excluding hydrogens is 346 g/mol. The Kier molecular flexibility index (Phi) is 3.79. The van der Waals surface area contributed by atoms with Crippen LogP contribution in [-0.2, 0) is 10.0 Å². The van der Waals surface area contributed by atoms with E-state index in [4.69, 9.17) is 0 Å². The molecule has 2 fully saturated rings. The summed E-state index contributed by atoms with van der Waals surface area (Å²) in [6, 6.07) is 2.04. The maximum absolute atomic E-state index is 12.8. The molecule has 6 heteroatoms. The normalized spacial score (nSPS) is 28.5. The van der Waals surface area contributed by atoms with E-state index in [0.717, 1.165) is 22.2 Å². The van der Waals surface area contributed by atoms with Crippen LogP contribution in [0.3, 0.4) is 0 Å². The number of aryl methyl sites for hydroxylation is 1. The summed E-state index contributed by atoms with van der Waals surface area (Å²) in [4.78, 5) is 0. The van der Waals surface area contributed by atoms with E-state index in [1.165, 1.54) is 30.6 Å². The Bertz CT molecular complexity index is 562. The zero-order valence-electron chi connectivity index (χ0n) is 10.9. The molecule has 3 nitrogen and oxygen atoms in total. The van der Waals surface area contributed by atoms with Crippen LogP contribution in [0, 0.1) is 12.8 Å². The highest BCUT2D eigenvalue weighted by Gasteiger charge is 2.41. The minimum absolute atomic E-state index is 0.250.